The molecule has 0 spiro atoms. The molecular weight excluding hydrogens is 376 g/mol. The molecule has 1 atom stereocenters. The Morgan fingerprint density at radius 2 is 1.82 bits per heavy atom. The van der Waals surface area contributed by atoms with Crippen molar-refractivity contribution in [3.63, 3.8) is 0 Å². The van der Waals surface area contributed by atoms with Gasteiger partial charge in [0.2, 0.25) is 5.78 Å². The number of nitrogens with two attached hydrogens (primary N) is 1. The fourth-order valence-electron chi connectivity index (χ4n) is 2.72. The number of ketones is 1. The Hall–Kier alpha value is -3.39. The highest BCUT2D eigenvalue weighted by molar-refractivity contribution is 7.10. The van der Waals surface area contributed by atoms with Crippen LogP contribution in [0.5, 0.6) is 0 Å². The highest BCUT2D eigenvalue weighted by Gasteiger charge is 2.27. The average molecular weight is 394 g/mol. The second kappa shape index (κ2) is 9.01. The summed E-state index contributed by atoms with van der Waals surface area (Å²) in [4.78, 5) is 41.2. The molecule has 2 amide bonds. The van der Waals surface area contributed by atoms with Gasteiger partial charge in [-0.3, -0.25) is 19.4 Å². The second-order valence-electron chi connectivity index (χ2n) is 6.06. The molecule has 7 nitrogen and oxygen atoms in total. The van der Waals surface area contributed by atoms with Gasteiger partial charge in [0, 0.05) is 6.20 Å². The first kappa shape index (κ1) is 19.4. The molecule has 3 aromatic rings. The van der Waals surface area contributed by atoms with Crippen molar-refractivity contribution in [2.24, 2.45) is 5.73 Å². The minimum atomic E-state index is -1.08. The fourth-order valence-corrected chi connectivity index (χ4v) is 3.44. The van der Waals surface area contributed by atoms with E-state index in [1.165, 1.54) is 6.20 Å². The second-order valence-corrected chi connectivity index (χ2v) is 6.86. The quantitative estimate of drug-likeness (QED) is 0.567. The van der Waals surface area contributed by atoms with E-state index in [-0.39, 0.29) is 6.42 Å². The van der Waals surface area contributed by atoms with E-state index >= 15 is 0 Å². The number of aromatic nitrogens is 2. The van der Waals surface area contributed by atoms with Gasteiger partial charge in [-0.25, -0.2) is 0 Å². The van der Waals surface area contributed by atoms with Crippen LogP contribution in [0.2, 0.25) is 0 Å². The normalized spacial score (nSPS) is 11.6. The summed E-state index contributed by atoms with van der Waals surface area (Å²) in [5.74, 6) is -2.40. The zero-order valence-electron chi connectivity index (χ0n) is 14.9. The molecule has 1 unspecified atom stereocenters. The number of nitrogens with one attached hydrogen (secondary N) is 1. The van der Waals surface area contributed by atoms with Gasteiger partial charge < -0.3 is 11.1 Å². The molecule has 0 saturated carbocycles. The van der Waals surface area contributed by atoms with Crippen LogP contribution in [-0.2, 0) is 16.0 Å². The molecular formula is C20H18N4O3S. The summed E-state index contributed by atoms with van der Waals surface area (Å²) in [6, 6.07) is 13.8. The number of hydrogen-bond donors (Lipinski definition) is 2. The number of amides is 2. The van der Waals surface area contributed by atoms with Crippen molar-refractivity contribution in [3.8, 4) is 10.6 Å². The lowest BCUT2D eigenvalue weighted by Gasteiger charge is -2.16. The van der Waals surface area contributed by atoms with Gasteiger partial charge in [0.1, 0.15) is 0 Å². The molecule has 1 aromatic carbocycles. The van der Waals surface area contributed by atoms with Gasteiger partial charge in [0.25, 0.3) is 11.8 Å². The predicted octanol–water partition coefficient (Wildman–Crippen LogP) is 1.99. The fraction of sp³-hybridized carbons (Fsp3) is 0.150. The largest absolute Gasteiger partial charge is 0.363 e. The molecule has 28 heavy (non-hydrogen) atoms. The number of hydrogen-bond acceptors (Lipinski definition) is 6. The molecule has 0 bridgehead atoms. The van der Waals surface area contributed by atoms with Crippen molar-refractivity contribution in [1.29, 1.82) is 0 Å². The Morgan fingerprint density at radius 3 is 2.50 bits per heavy atom. The third kappa shape index (κ3) is 4.66. The maximum Gasteiger partial charge on any atom is 0.287 e. The zero-order chi connectivity index (χ0) is 19.9. The summed E-state index contributed by atoms with van der Waals surface area (Å²) < 4.78 is 4.06. The molecule has 0 aliphatic heterocycles. The SMILES string of the molecule is NC(=O)C(=O)C(CCc1ccccc1)NC(=O)c1cnsc1-c1ccccn1. The van der Waals surface area contributed by atoms with E-state index in [9.17, 15) is 14.4 Å². The number of primary amides is 1. The minimum Gasteiger partial charge on any atom is -0.363 e. The highest BCUT2D eigenvalue weighted by Crippen LogP contribution is 2.25. The third-order valence-electron chi connectivity index (χ3n) is 4.14. The van der Waals surface area contributed by atoms with E-state index < -0.39 is 23.6 Å². The van der Waals surface area contributed by atoms with Crippen molar-refractivity contribution in [2.45, 2.75) is 18.9 Å². The molecule has 0 radical (unpaired) electrons. The van der Waals surface area contributed by atoms with Crippen LogP contribution in [0.15, 0.2) is 60.9 Å². The van der Waals surface area contributed by atoms with Crippen LogP contribution in [-0.4, -0.2) is 33.0 Å². The molecule has 142 valence electrons. The van der Waals surface area contributed by atoms with Gasteiger partial charge in [0.15, 0.2) is 0 Å². The Kier molecular flexibility index (Phi) is 6.23. The van der Waals surface area contributed by atoms with Crippen molar-refractivity contribution in [2.75, 3.05) is 0 Å². The van der Waals surface area contributed by atoms with Crippen molar-refractivity contribution < 1.29 is 14.4 Å². The molecule has 0 fully saturated rings. The monoisotopic (exact) mass is 394 g/mol. The summed E-state index contributed by atoms with van der Waals surface area (Å²) >= 11 is 1.13. The van der Waals surface area contributed by atoms with Crippen LogP contribution < -0.4 is 11.1 Å². The molecule has 0 aliphatic carbocycles. The summed E-state index contributed by atoms with van der Waals surface area (Å²) in [5, 5.41) is 2.63. The average Bonchev–Trinajstić information content (AvgIpc) is 3.22. The molecule has 3 rings (SSSR count). The lowest BCUT2D eigenvalue weighted by molar-refractivity contribution is -0.137. The molecule has 8 heteroatoms. The number of carbonyl (C=O) groups is 3. The molecule has 2 aromatic heterocycles. The number of nitrogens with zero attached hydrogens (tertiary/aromatic N) is 2. The summed E-state index contributed by atoms with van der Waals surface area (Å²) in [7, 11) is 0. The van der Waals surface area contributed by atoms with Crippen LogP contribution in [0.25, 0.3) is 10.6 Å². The zero-order valence-corrected chi connectivity index (χ0v) is 15.7. The topological polar surface area (TPSA) is 115 Å². The van der Waals surface area contributed by atoms with E-state index in [0.29, 0.717) is 22.6 Å². The van der Waals surface area contributed by atoms with Crippen molar-refractivity contribution >= 4 is 29.1 Å². The van der Waals surface area contributed by atoms with Crippen molar-refractivity contribution in [3.05, 3.63) is 72.1 Å². The third-order valence-corrected chi connectivity index (χ3v) is 4.96. The lowest BCUT2D eigenvalue weighted by Crippen LogP contribution is -2.46. The number of Topliss-reactive ketones (excluding diaryl/α,β-unsaturated/α-hetero) is 1. The predicted molar refractivity (Wildman–Crippen MR) is 106 cm³/mol. The Morgan fingerprint density at radius 1 is 1.07 bits per heavy atom. The van der Waals surface area contributed by atoms with Crippen molar-refractivity contribution in [1.82, 2.24) is 14.7 Å². The summed E-state index contributed by atoms with van der Waals surface area (Å²) in [5.41, 5.74) is 7.06. The summed E-state index contributed by atoms with van der Waals surface area (Å²) in [6.45, 7) is 0. The summed E-state index contributed by atoms with van der Waals surface area (Å²) in [6.07, 6.45) is 3.82. The van der Waals surface area contributed by atoms with E-state index in [1.807, 2.05) is 36.4 Å². The van der Waals surface area contributed by atoms with Gasteiger partial charge >= 0.3 is 0 Å². The molecule has 2 heterocycles. The number of carbonyl (C=O) groups excluding carboxylic acids is 3. The van der Waals surface area contributed by atoms with Gasteiger partial charge in [-0.2, -0.15) is 4.37 Å². The lowest BCUT2D eigenvalue weighted by atomic mass is 10.0. The Balaban J connectivity index is 1.77. The number of benzene rings is 1. The van der Waals surface area contributed by atoms with Crippen LogP contribution in [0.3, 0.4) is 0 Å². The molecule has 0 aliphatic rings. The van der Waals surface area contributed by atoms with Gasteiger partial charge in [-0.15, -0.1) is 0 Å². The standard InChI is InChI=1S/C20H18N4O3S/c21-19(26)17(25)15(10-9-13-6-2-1-3-7-13)24-20(27)14-12-23-28-18(14)16-8-4-5-11-22-16/h1-8,11-12,15H,9-10H2,(H2,21,26)(H,24,27). The van der Waals surface area contributed by atoms with Crippen LogP contribution in [0.4, 0.5) is 0 Å². The molecule has 3 N–H and O–H groups in total. The maximum atomic E-state index is 12.8. The maximum absolute atomic E-state index is 12.8. The Labute approximate surface area is 165 Å². The van der Waals surface area contributed by atoms with Crippen LogP contribution >= 0.6 is 11.5 Å². The van der Waals surface area contributed by atoms with Gasteiger partial charge in [-0.1, -0.05) is 36.4 Å². The van der Waals surface area contributed by atoms with E-state index in [2.05, 4.69) is 14.7 Å². The first-order valence-electron chi connectivity index (χ1n) is 8.60. The number of aryl methyl sites for hydroxylation is 1. The first-order chi connectivity index (χ1) is 13.6. The smallest absolute Gasteiger partial charge is 0.287 e. The Bertz CT molecular complexity index is 973. The molecule has 0 saturated heterocycles. The van der Waals surface area contributed by atoms with Gasteiger partial charge in [-0.05, 0) is 42.1 Å². The van der Waals surface area contributed by atoms with Crippen LogP contribution in [0, 0.1) is 0 Å². The van der Waals surface area contributed by atoms with Gasteiger partial charge in [0.05, 0.1) is 28.4 Å². The van der Waals surface area contributed by atoms with E-state index in [1.54, 1.807) is 18.3 Å². The van der Waals surface area contributed by atoms with Crippen LogP contribution in [0.1, 0.15) is 22.3 Å². The first-order valence-corrected chi connectivity index (χ1v) is 9.38. The van der Waals surface area contributed by atoms with E-state index in [0.717, 1.165) is 17.1 Å². The highest BCUT2D eigenvalue weighted by atomic mass is 32.1. The van der Waals surface area contributed by atoms with E-state index in [4.69, 9.17) is 5.73 Å². The number of pyridine rings is 1. The number of rotatable bonds is 8. The minimum absolute atomic E-state index is 0.258.